The van der Waals surface area contributed by atoms with Gasteiger partial charge in [0.05, 0.1) is 18.4 Å². The maximum atomic E-state index is 12.8. The van der Waals surface area contributed by atoms with Crippen LogP contribution in [0.5, 0.6) is 5.75 Å². The molecular formula is C24H21BrN4O3. The number of rotatable bonds is 6. The van der Waals surface area contributed by atoms with Gasteiger partial charge in [-0.2, -0.15) is 0 Å². The molecule has 7 nitrogen and oxygen atoms in total. The number of aromatic nitrogens is 2. The number of hydrogen-bond donors (Lipinski definition) is 2. The van der Waals surface area contributed by atoms with Crippen molar-refractivity contribution in [3.63, 3.8) is 0 Å². The van der Waals surface area contributed by atoms with Crippen molar-refractivity contribution in [3.8, 4) is 5.75 Å². The Balaban J connectivity index is 1.50. The Bertz CT molecular complexity index is 1300. The summed E-state index contributed by atoms with van der Waals surface area (Å²) in [5.74, 6) is -0.0327. The first-order valence-electron chi connectivity index (χ1n) is 9.90. The number of nitrogens with one attached hydrogen (secondary N) is 2. The Morgan fingerprint density at radius 2 is 1.91 bits per heavy atom. The van der Waals surface area contributed by atoms with Gasteiger partial charge in [-0.05, 0) is 53.2 Å². The summed E-state index contributed by atoms with van der Waals surface area (Å²) in [5.41, 5.74) is 3.47. The number of hydrogen-bond acceptors (Lipinski definition) is 4. The van der Waals surface area contributed by atoms with E-state index in [2.05, 4.69) is 31.5 Å². The molecule has 8 heteroatoms. The van der Waals surface area contributed by atoms with Gasteiger partial charge in [-0.25, -0.2) is 0 Å². The average Bonchev–Trinajstić information content (AvgIpc) is 3.05. The highest BCUT2D eigenvalue weighted by atomic mass is 79.9. The lowest BCUT2D eigenvalue weighted by Crippen LogP contribution is -2.19. The number of benzene rings is 2. The fourth-order valence-corrected chi connectivity index (χ4v) is 4.05. The third kappa shape index (κ3) is 4.36. The number of pyridine rings is 1. The van der Waals surface area contributed by atoms with Gasteiger partial charge in [-0.1, -0.05) is 18.2 Å². The van der Waals surface area contributed by atoms with Crippen LogP contribution in [0.4, 0.5) is 11.4 Å². The van der Waals surface area contributed by atoms with Gasteiger partial charge >= 0.3 is 0 Å². The largest absolute Gasteiger partial charge is 0.494 e. The normalized spacial score (nSPS) is 10.7. The zero-order chi connectivity index (χ0) is 22.7. The van der Waals surface area contributed by atoms with E-state index in [1.165, 1.54) is 13.3 Å². The molecule has 0 aliphatic carbocycles. The Hall–Kier alpha value is -3.65. The maximum absolute atomic E-state index is 12.8. The Morgan fingerprint density at radius 3 is 2.66 bits per heavy atom. The van der Waals surface area contributed by atoms with E-state index in [0.717, 1.165) is 21.1 Å². The van der Waals surface area contributed by atoms with Crippen LogP contribution in [-0.2, 0) is 11.3 Å². The molecule has 4 rings (SSSR count). The molecule has 162 valence electrons. The van der Waals surface area contributed by atoms with E-state index in [1.807, 2.05) is 35.8 Å². The Labute approximate surface area is 193 Å². The van der Waals surface area contributed by atoms with Crippen molar-refractivity contribution in [1.82, 2.24) is 9.55 Å². The van der Waals surface area contributed by atoms with E-state index in [0.29, 0.717) is 22.7 Å². The smallest absolute Gasteiger partial charge is 0.257 e. The number of halogens is 1. The zero-order valence-electron chi connectivity index (χ0n) is 17.6. The lowest BCUT2D eigenvalue weighted by atomic mass is 10.2. The number of nitrogens with zero attached hydrogens (tertiary/aromatic N) is 2. The molecule has 0 aliphatic heterocycles. The predicted octanol–water partition coefficient (Wildman–Crippen LogP) is 5.01. The van der Waals surface area contributed by atoms with Crippen LogP contribution in [0.15, 0.2) is 71.5 Å². The highest BCUT2D eigenvalue weighted by Gasteiger charge is 2.15. The fourth-order valence-electron chi connectivity index (χ4n) is 3.50. The second-order valence-electron chi connectivity index (χ2n) is 7.16. The number of fused-ring (bicyclic) bond motifs is 1. The molecule has 0 fully saturated rings. The quantitative estimate of drug-likeness (QED) is 0.396. The highest BCUT2D eigenvalue weighted by Crippen LogP contribution is 2.31. The van der Waals surface area contributed by atoms with E-state index in [4.69, 9.17) is 4.74 Å². The topological polar surface area (TPSA) is 85.2 Å². The van der Waals surface area contributed by atoms with Crippen LogP contribution < -0.4 is 15.4 Å². The van der Waals surface area contributed by atoms with Crippen LogP contribution >= 0.6 is 15.9 Å². The standard InChI is InChI=1S/C24H21BrN4O3/c1-15-23(25)18-7-3-4-8-20(18)29(15)14-22(30)27-17-9-10-19(21(12-17)32-2)28-24(31)16-6-5-11-26-13-16/h3-13H,14H2,1-2H3,(H,27,30)(H,28,31). The van der Waals surface area contributed by atoms with E-state index in [9.17, 15) is 9.59 Å². The van der Waals surface area contributed by atoms with Crippen molar-refractivity contribution >= 4 is 50.0 Å². The van der Waals surface area contributed by atoms with Crippen molar-refractivity contribution in [3.05, 3.63) is 82.7 Å². The van der Waals surface area contributed by atoms with E-state index < -0.39 is 0 Å². The third-order valence-corrected chi connectivity index (χ3v) is 6.11. The molecule has 32 heavy (non-hydrogen) atoms. The van der Waals surface area contributed by atoms with Crippen molar-refractivity contribution in [2.45, 2.75) is 13.5 Å². The number of ether oxygens (including phenoxy) is 1. The summed E-state index contributed by atoms with van der Waals surface area (Å²) >= 11 is 3.61. The third-order valence-electron chi connectivity index (χ3n) is 5.11. The van der Waals surface area contributed by atoms with Gasteiger partial charge in [0.1, 0.15) is 12.3 Å². The summed E-state index contributed by atoms with van der Waals surface area (Å²) in [6.45, 7) is 2.14. The first-order chi connectivity index (χ1) is 15.5. The molecule has 2 amide bonds. The number of carbonyl (C=O) groups is 2. The van der Waals surface area contributed by atoms with Crippen LogP contribution in [0.2, 0.25) is 0 Å². The molecule has 2 heterocycles. The van der Waals surface area contributed by atoms with E-state index >= 15 is 0 Å². The van der Waals surface area contributed by atoms with Gasteiger partial charge in [0, 0.05) is 45.2 Å². The number of anilines is 2. The van der Waals surface area contributed by atoms with Gasteiger partial charge in [0.15, 0.2) is 0 Å². The van der Waals surface area contributed by atoms with Crippen LogP contribution in [-0.4, -0.2) is 28.5 Å². The summed E-state index contributed by atoms with van der Waals surface area (Å²) in [6.07, 6.45) is 3.09. The molecule has 4 aromatic rings. The molecule has 0 bridgehead atoms. The van der Waals surface area contributed by atoms with E-state index in [-0.39, 0.29) is 18.4 Å². The van der Waals surface area contributed by atoms with Crippen LogP contribution in [0.3, 0.4) is 0 Å². The monoisotopic (exact) mass is 492 g/mol. The van der Waals surface area contributed by atoms with Crippen molar-refractivity contribution in [2.75, 3.05) is 17.7 Å². The van der Waals surface area contributed by atoms with Crippen molar-refractivity contribution in [2.24, 2.45) is 0 Å². The van der Waals surface area contributed by atoms with Gasteiger partial charge < -0.3 is 19.9 Å². The minimum absolute atomic E-state index is 0.166. The van der Waals surface area contributed by atoms with Crippen molar-refractivity contribution in [1.29, 1.82) is 0 Å². The Kier molecular flexibility index (Phi) is 6.23. The zero-order valence-corrected chi connectivity index (χ0v) is 19.1. The number of carbonyl (C=O) groups excluding carboxylic acids is 2. The first-order valence-corrected chi connectivity index (χ1v) is 10.7. The SMILES string of the molecule is COc1cc(NC(=O)Cn2c(C)c(Br)c3ccccc32)ccc1NC(=O)c1cccnc1. The first kappa shape index (κ1) is 21.6. The molecule has 0 unspecified atom stereocenters. The van der Waals surface area contributed by atoms with Gasteiger partial charge in [-0.15, -0.1) is 0 Å². The molecule has 0 saturated heterocycles. The molecule has 0 spiro atoms. The second kappa shape index (κ2) is 9.23. The fraction of sp³-hybridized carbons (Fsp3) is 0.125. The minimum Gasteiger partial charge on any atom is -0.494 e. The number of methoxy groups -OCH3 is 1. The average molecular weight is 493 g/mol. The summed E-state index contributed by atoms with van der Waals surface area (Å²) in [7, 11) is 1.51. The summed E-state index contributed by atoms with van der Waals surface area (Å²) < 4.78 is 8.36. The summed E-state index contributed by atoms with van der Waals surface area (Å²) in [5, 5.41) is 6.77. The lowest BCUT2D eigenvalue weighted by molar-refractivity contribution is -0.116. The van der Waals surface area contributed by atoms with Gasteiger partial charge in [0.2, 0.25) is 5.91 Å². The van der Waals surface area contributed by atoms with E-state index in [1.54, 1.807) is 36.5 Å². The number of para-hydroxylation sites is 1. The molecule has 0 saturated carbocycles. The summed E-state index contributed by atoms with van der Waals surface area (Å²) in [6, 6.07) is 16.4. The predicted molar refractivity (Wildman–Crippen MR) is 128 cm³/mol. The highest BCUT2D eigenvalue weighted by molar-refractivity contribution is 9.10. The Morgan fingerprint density at radius 1 is 1.09 bits per heavy atom. The molecule has 0 atom stereocenters. The molecular weight excluding hydrogens is 472 g/mol. The molecule has 2 aromatic heterocycles. The van der Waals surface area contributed by atoms with Crippen LogP contribution in [0.1, 0.15) is 16.1 Å². The van der Waals surface area contributed by atoms with Gasteiger partial charge in [0.25, 0.3) is 5.91 Å². The molecule has 2 N–H and O–H groups in total. The van der Waals surface area contributed by atoms with Crippen LogP contribution in [0.25, 0.3) is 10.9 Å². The molecule has 0 aliphatic rings. The minimum atomic E-state index is -0.297. The number of amides is 2. The van der Waals surface area contributed by atoms with Crippen LogP contribution in [0, 0.1) is 6.92 Å². The second-order valence-corrected chi connectivity index (χ2v) is 7.95. The van der Waals surface area contributed by atoms with Gasteiger partial charge in [-0.3, -0.25) is 14.6 Å². The van der Waals surface area contributed by atoms with Crippen molar-refractivity contribution < 1.29 is 14.3 Å². The lowest BCUT2D eigenvalue weighted by Gasteiger charge is -2.13. The molecule has 0 radical (unpaired) electrons. The molecule has 2 aromatic carbocycles. The maximum Gasteiger partial charge on any atom is 0.257 e. The summed E-state index contributed by atoms with van der Waals surface area (Å²) in [4.78, 5) is 29.1.